The molecule has 0 bridgehead atoms. The molecule has 0 spiro atoms. The second-order valence-electron chi connectivity index (χ2n) is 6.88. The first-order valence-corrected chi connectivity index (χ1v) is 9.63. The van der Waals surface area contributed by atoms with Crippen molar-refractivity contribution in [1.29, 1.82) is 5.26 Å². The number of piperazine rings is 1. The number of nitrogens with one attached hydrogen (secondary N) is 1. The summed E-state index contributed by atoms with van der Waals surface area (Å²) in [6.07, 6.45) is 1.51. The minimum absolute atomic E-state index is 0.135. The number of nitrogens with zero attached hydrogens (tertiary/aromatic N) is 6. The first-order chi connectivity index (χ1) is 14.6. The van der Waals surface area contributed by atoms with Crippen LogP contribution in [-0.4, -0.2) is 45.5 Å². The molecule has 0 unspecified atom stereocenters. The van der Waals surface area contributed by atoms with Crippen LogP contribution in [0.1, 0.15) is 18.1 Å². The summed E-state index contributed by atoms with van der Waals surface area (Å²) < 4.78 is 17.3. The van der Waals surface area contributed by atoms with Gasteiger partial charge in [0.1, 0.15) is 16.9 Å². The van der Waals surface area contributed by atoms with E-state index in [2.05, 4.69) is 32.1 Å². The average Bonchev–Trinajstić information content (AvgIpc) is 3.15. The molecule has 3 aromatic rings. The fourth-order valence-electron chi connectivity index (χ4n) is 3.57. The van der Waals surface area contributed by atoms with Gasteiger partial charge >= 0.3 is 0 Å². The lowest BCUT2D eigenvalue weighted by molar-refractivity contribution is 0.569. The first kappa shape index (κ1) is 19.6. The smallest absolute Gasteiger partial charge is 0.293 e. The summed E-state index contributed by atoms with van der Waals surface area (Å²) in [5, 5.41) is 16.8. The van der Waals surface area contributed by atoms with E-state index >= 15 is 0 Å². The molecule has 1 aromatic carbocycles. The van der Waals surface area contributed by atoms with Crippen LogP contribution in [0.15, 0.2) is 29.2 Å². The molecule has 0 saturated carbocycles. The van der Waals surface area contributed by atoms with Gasteiger partial charge in [0.2, 0.25) is 5.95 Å². The van der Waals surface area contributed by atoms with Gasteiger partial charge in [-0.25, -0.2) is 14.1 Å². The summed E-state index contributed by atoms with van der Waals surface area (Å²) in [4.78, 5) is 20.0. The highest BCUT2D eigenvalue weighted by molar-refractivity contribution is 5.77. The number of benzene rings is 1. The molecule has 4 rings (SSSR count). The Labute approximate surface area is 172 Å². The van der Waals surface area contributed by atoms with Gasteiger partial charge in [0.25, 0.3) is 5.56 Å². The molecule has 0 radical (unpaired) electrons. The number of hydrogen-bond donors (Lipinski definition) is 1. The first-order valence-electron chi connectivity index (χ1n) is 9.63. The molecular weight excluding hydrogens is 385 g/mol. The molecule has 1 N–H and O–H groups in total. The zero-order chi connectivity index (χ0) is 21.1. The van der Waals surface area contributed by atoms with Gasteiger partial charge in [-0.2, -0.15) is 10.4 Å². The third kappa shape index (κ3) is 3.51. The van der Waals surface area contributed by atoms with Crippen LogP contribution in [-0.2, 0) is 13.1 Å². The van der Waals surface area contributed by atoms with E-state index in [0.29, 0.717) is 23.5 Å². The predicted molar refractivity (Wildman–Crippen MR) is 111 cm³/mol. The van der Waals surface area contributed by atoms with E-state index in [1.807, 2.05) is 6.07 Å². The van der Waals surface area contributed by atoms with Crippen LogP contribution in [0.4, 0.5) is 10.3 Å². The second-order valence-corrected chi connectivity index (χ2v) is 6.88. The Morgan fingerprint density at radius 1 is 1.30 bits per heavy atom. The van der Waals surface area contributed by atoms with Crippen LogP contribution >= 0.6 is 0 Å². The number of aromatic nitrogens is 4. The summed E-state index contributed by atoms with van der Waals surface area (Å²) in [6, 6.07) is 6.22. The Balaban J connectivity index is 1.84. The van der Waals surface area contributed by atoms with Crippen molar-refractivity contribution in [2.24, 2.45) is 0 Å². The molecule has 30 heavy (non-hydrogen) atoms. The van der Waals surface area contributed by atoms with Crippen molar-refractivity contribution in [2.45, 2.75) is 20.0 Å². The van der Waals surface area contributed by atoms with E-state index in [1.165, 1.54) is 29.1 Å². The molecule has 1 saturated heterocycles. The van der Waals surface area contributed by atoms with Crippen LogP contribution in [0, 0.1) is 29.0 Å². The standard InChI is InChI=1S/C21H20FN7O/c1-2-3-9-28-19-18(26-21(28)27-10-7-24-8-11-27)13-25-29(20(19)30)14-16-15(12-23)5-4-6-17(16)22/h4-6,13,24H,7-11,14H2,1H3. The average molecular weight is 405 g/mol. The monoisotopic (exact) mass is 405 g/mol. The highest BCUT2D eigenvalue weighted by Crippen LogP contribution is 2.21. The van der Waals surface area contributed by atoms with Gasteiger partial charge in [-0.3, -0.25) is 9.36 Å². The van der Waals surface area contributed by atoms with Crippen LogP contribution in [0.5, 0.6) is 0 Å². The minimum atomic E-state index is -0.547. The van der Waals surface area contributed by atoms with E-state index in [9.17, 15) is 14.4 Å². The Hall–Kier alpha value is -3.69. The normalized spacial score (nSPS) is 13.7. The van der Waals surface area contributed by atoms with Gasteiger partial charge < -0.3 is 10.2 Å². The Kier molecular flexibility index (Phi) is 5.46. The van der Waals surface area contributed by atoms with Crippen molar-refractivity contribution < 1.29 is 4.39 Å². The van der Waals surface area contributed by atoms with Crippen molar-refractivity contribution in [1.82, 2.24) is 24.6 Å². The van der Waals surface area contributed by atoms with Crippen molar-refractivity contribution in [2.75, 3.05) is 31.1 Å². The molecule has 0 amide bonds. The highest BCUT2D eigenvalue weighted by atomic mass is 19.1. The number of nitriles is 1. The SMILES string of the molecule is CC#CCn1c(N2CCNCC2)nc2cnn(Cc3c(F)cccc3C#N)c(=O)c21. The zero-order valence-electron chi connectivity index (χ0n) is 16.5. The van der Waals surface area contributed by atoms with Crippen molar-refractivity contribution in [3.8, 4) is 17.9 Å². The van der Waals surface area contributed by atoms with Crippen molar-refractivity contribution in [3.05, 3.63) is 51.7 Å². The van der Waals surface area contributed by atoms with Crippen LogP contribution < -0.4 is 15.8 Å². The van der Waals surface area contributed by atoms with Gasteiger partial charge in [-0.15, -0.1) is 5.92 Å². The van der Waals surface area contributed by atoms with E-state index in [1.54, 1.807) is 11.5 Å². The molecule has 1 aliphatic rings. The van der Waals surface area contributed by atoms with E-state index in [0.717, 1.165) is 26.2 Å². The fraction of sp³-hybridized carbons (Fsp3) is 0.333. The number of halogens is 1. The summed E-state index contributed by atoms with van der Waals surface area (Å²) in [7, 11) is 0. The number of anilines is 1. The summed E-state index contributed by atoms with van der Waals surface area (Å²) in [5.74, 6) is 5.99. The van der Waals surface area contributed by atoms with Crippen LogP contribution in [0.3, 0.4) is 0 Å². The van der Waals surface area contributed by atoms with Gasteiger partial charge in [0.05, 0.1) is 30.9 Å². The summed E-state index contributed by atoms with van der Waals surface area (Å²) in [5.41, 5.74) is 0.755. The number of fused-ring (bicyclic) bond motifs is 1. The third-order valence-electron chi connectivity index (χ3n) is 5.09. The predicted octanol–water partition coefficient (Wildman–Crippen LogP) is 1.08. The molecular formula is C21H20FN7O. The Morgan fingerprint density at radius 3 is 2.83 bits per heavy atom. The lowest BCUT2D eigenvalue weighted by Crippen LogP contribution is -2.44. The zero-order valence-corrected chi connectivity index (χ0v) is 16.5. The summed E-state index contributed by atoms with van der Waals surface area (Å²) >= 11 is 0. The van der Waals surface area contributed by atoms with E-state index in [4.69, 9.17) is 0 Å². The number of imidazole rings is 1. The maximum Gasteiger partial charge on any atom is 0.293 e. The van der Waals surface area contributed by atoms with Gasteiger partial charge in [0.15, 0.2) is 0 Å². The van der Waals surface area contributed by atoms with Gasteiger partial charge in [-0.1, -0.05) is 12.0 Å². The molecule has 3 heterocycles. The molecule has 9 heteroatoms. The quantitative estimate of drug-likeness (QED) is 0.654. The molecule has 1 fully saturated rings. The Bertz CT molecular complexity index is 1250. The van der Waals surface area contributed by atoms with Crippen LogP contribution in [0.2, 0.25) is 0 Å². The van der Waals surface area contributed by atoms with Crippen molar-refractivity contribution in [3.63, 3.8) is 0 Å². The van der Waals surface area contributed by atoms with Gasteiger partial charge in [0, 0.05) is 31.7 Å². The minimum Gasteiger partial charge on any atom is -0.340 e. The Morgan fingerprint density at radius 2 is 2.10 bits per heavy atom. The molecule has 0 aliphatic carbocycles. The second kappa shape index (κ2) is 8.36. The molecule has 8 nitrogen and oxygen atoms in total. The summed E-state index contributed by atoms with van der Waals surface area (Å²) in [6.45, 7) is 5.11. The fourth-order valence-corrected chi connectivity index (χ4v) is 3.57. The lowest BCUT2D eigenvalue weighted by atomic mass is 10.1. The van der Waals surface area contributed by atoms with Gasteiger partial charge in [-0.05, 0) is 19.1 Å². The van der Waals surface area contributed by atoms with Crippen LogP contribution in [0.25, 0.3) is 11.0 Å². The molecule has 152 valence electrons. The molecule has 1 aliphatic heterocycles. The highest BCUT2D eigenvalue weighted by Gasteiger charge is 2.22. The molecule has 2 aromatic heterocycles. The molecule has 0 atom stereocenters. The lowest BCUT2D eigenvalue weighted by Gasteiger charge is -2.28. The number of hydrogen-bond acceptors (Lipinski definition) is 6. The van der Waals surface area contributed by atoms with E-state index in [-0.39, 0.29) is 17.7 Å². The maximum absolute atomic E-state index is 14.3. The topological polar surface area (TPSA) is 91.8 Å². The maximum atomic E-state index is 14.3. The number of rotatable bonds is 4. The largest absolute Gasteiger partial charge is 0.340 e. The van der Waals surface area contributed by atoms with Crippen molar-refractivity contribution >= 4 is 17.0 Å². The third-order valence-corrected chi connectivity index (χ3v) is 5.09. The van der Waals surface area contributed by atoms with E-state index < -0.39 is 11.4 Å².